The van der Waals surface area contributed by atoms with Crippen molar-refractivity contribution in [2.45, 2.75) is 63.0 Å². The fraction of sp³-hybridized carbons (Fsp3) is 0.394. The first kappa shape index (κ1) is 26.2. The van der Waals surface area contributed by atoms with Gasteiger partial charge in [0.05, 0.1) is 4.92 Å². The number of nitro benzene ring substituents is 1. The predicted octanol–water partition coefficient (Wildman–Crippen LogP) is 6.15. The summed E-state index contributed by atoms with van der Waals surface area (Å²) in [7, 11) is 0. The van der Waals surface area contributed by atoms with Gasteiger partial charge in [-0.1, -0.05) is 42.5 Å². The van der Waals surface area contributed by atoms with Crippen LogP contribution >= 0.6 is 0 Å². The zero-order valence-electron chi connectivity index (χ0n) is 22.5. The molecule has 0 radical (unpaired) electrons. The van der Waals surface area contributed by atoms with Crippen molar-refractivity contribution in [3.05, 3.63) is 111 Å². The number of amides is 1. The number of hydrogen-bond donors (Lipinski definition) is 1. The monoisotopic (exact) mass is 538 g/mol. The van der Waals surface area contributed by atoms with E-state index >= 15 is 0 Å². The molecular weight excluding hydrogens is 504 g/mol. The van der Waals surface area contributed by atoms with Crippen LogP contribution in [0.5, 0.6) is 0 Å². The highest BCUT2D eigenvalue weighted by atomic mass is 16.6. The number of benzene rings is 3. The first-order valence-corrected chi connectivity index (χ1v) is 14.2. The van der Waals surface area contributed by atoms with Crippen LogP contribution in [0.2, 0.25) is 0 Å². The van der Waals surface area contributed by atoms with Gasteiger partial charge in [0.25, 0.3) is 11.6 Å². The summed E-state index contributed by atoms with van der Waals surface area (Å²) in [6, 6.07) is 22.5. The molecule has 4 aliphatic rings. The zero-order chi connectivity index (χ0) is 27.7. The minimum Gasteiger partial charge on any atom is -0.459 e. The van der Waals surface area contributed by atoms with Gasteiger partial charge in [0.15, 0.2) is 0 Å². The molecule has 4 saturated carbocycles. The molecule has 4 aliphatic carbocycles. The normalized spacial score (nSPS) is 25.2. The lowest BCUT2D eigenvalue weighted by molar-refractivity contribution is -0.384. The van der Waals surface area contributed by atoms with E-state index in [1.165, 1.54) is 56.2 Å². The molecule has 4 fully saturated rings. The second-order valence-corrected chi connectivity index (χ2v) is 12.0. The highest BCUT2D eigenvalue weighted by Crippen LogP contribution is 2.60. The summed E-state index contributed by atoms with van der Waals surface area (Å²) in [6.07, 6.45) is 8.27. The van der Waals surface area contributed by atoms with Crippen LogP contribution in [-0.4, -0.2) is 22.8 Å². The van der Waals surface area contributed by atoms with E-state index < -0.39 is 16.9 Å². The van der Waals surface area contributed by atoms with E-state index in [1.54, 1.807) is 12.1 Å². The van der Waals surface area contributed by atoms with E-state index in [4.69, 9.17) is 4.74 Å². The molecule has 3 aromatic rings. The largest absolute Gasteiger partial charge is 0.459 e. The summed E-state index contributed by atoms with van der Waals surface area (Å²) in [5.74, 6) is 1.69. The number of rotatable bonds is 9. The number of non-ortho nitro benzene ring substituents is 1. The number of nitrogens with one attached hydrogen (secondary N) is 1. The lowest BCUT2D eigenvalue weighted by Crippen LogP contribution is -2.48. The van der Waals surface area contributed by atoms with Gasteiger partial charge in [-0.15, -0.1) is 0 Å². The van der Waals surface area contributed by atoms with Crippen LogP contribution in [0, 0.1) is 27.9 Å². The van der Waals surface area contributed by atoms with Gasteiger partial charge in [-0.25, -0.2) is 4.79 Å². The minimum absolute atomic E-state index is 0.0292. The van der Waals surface area contributed by atoms with Crippen LogP contribution in [0.3, 0.4) is 0 Å². The number of ether oxygens (including phenoxy) is 1. The minimum atomic E-state index is -0.879. The molecule has 0 aromatic heterocycles. The van der Waals surface area contributed by atoms with Crippen LogP contribution in [0.1, 0.15) is 65.6 Å². The Morgan fingerprint density at radius 1 is 0.850 bits per heavy atom. The highest BCUT2D eigenvalue weighted by Gasteiger charge is 2.51. The molecule has 3 aromatic carbocycles. The third-order valence-corrected chi connectivity index (χ3v) is 9.20. The highest BCUT2D eigenvalue weighted by molar-refractivity contribution is 5.96. The van der Waals surface area contributed by atoms with Crippen molar-refractivity contribution in [1.82, 2.24) is 5.32 Å². The van der Waals surface area contributed by atoms with E-state index in [0.29, 0.717) is 11.1 Å². The van der Waals surface area contributed by atoms with E-state index in [0.717, 1.165) is 23.3 Å². The molecule has 206 valence electrons. The summed E-state index contributed by atoms with van der Waals surface area (Å²) < 4.78 is 5.53. The lowest BCUT2D eigenvalue weighted by Gasteiger charge is -2.57. The Morgan fingerprint density at radius 2 is 1.45 bits per heavy atom. The van der Waals surface area contributed by atoms with Crippen molar-refractivity contribution in [3.63, 3.8) is 0 Å². The standard InChI is InChI=1S/C33H34N2O5/c36-31(27-8-10-28(11-9-27)33-18-24-14-25(19-33)16-26(15-24)20-33)34-30(17-22-4-2-1-3-5-22)32(37)40-21-23-6-12-29(13-7-23)35(38)39/h1-13,24-26,30H,14-21H2,(H,34,36)/t24?,25?,26?,30-,33?/m1/s1. The van der Waals surface area contributed by atoms with Crippen molar-refractivity contribution < 1.29 is 19.2 Å². The summed E-state index contributed by atoms with van der Waals surface area (Å²) >= 11 is 0. The van der Waals surface area contributed by atoms with Gasteiger partial charge in [0.1, 0.15) is 12.6 Å². The number of carbonyl (C=O) groups excluding carboxylic acids is 2. The summed E-state index contributed by atoms with van der Waals surface area (Å²) in [5, 5.41) is 13.8. The zero-order valence-corrected chi connectivity index (χ0v) is 22.5. The fourth-order valence-corrected chi connectivity index (χ4v) is 7.69. The second kappa shape index (κ2) is 10.9. The number of nitrogens with zero attached hydrogens (tertiary/aromatic N) is 1. The Morgan fingerprint density at radius 3 is 2.02 bits per heavy atom. The number of hydrogen-bond acceptors (Lipinski definition) is 5. The first-order chi connectivity index (χ1) is 19.4. The molecule has 0 unspecified atom stereocenters. The topological polar surface area (TPSA) is 98.5 Å². The Kier molecular flexibility index (Phi) is 7.13. The number of nitro groups is 1. The molecular formula is C33H34N2O5. The average Bonchev–Trinajstić information content (AvgIpc) is 2.95. The predicted molar refractivity (Wildman–Crippen MR) is 151 cm³/mol. The molecule has 0 spiro atoms. The molecule has 7 rings (SSSR count). The molecule has 7 heteroatoms. The average molecular weight is 539 g/mol. The van der Waals surface area contributed by atoms with Gasteiger partial charge in [-0.3, -0.25) is 14.9 Å². The van der Waals surface area contributed by atoms with Crippen molar-refractivity contribution >= 4 is 17.6 Å². The molecule has 1 amide bonds. The molecule has 1 atom stereocenters. The third kappa shape index (κ3) is 5.51. The molecule has 40 heavy (non-hydrogen) atoms. The van der Waals surface area contributed by atoms with Crippen LogP contribution in [-0.2, 0) is 28.0 Å². The van der Waals surface area contributed by atoms with Gasteiger partial charge in [0, 0.05) is 24.1 Å². The van der Waals surface area contributed by atoms with Gasteiger partial charge < -0.3 is 10.1 Å². The van der Waals surface area contributed by atoms with E-state index in [9.17, 15) is 19.7 Å². The Balaban J connectivity index is 1.14. The summed E-state index contributed by atoms with van der Waals surface area (Å²) in [6.45, 7) is -0.0439. The van der Waals surface area contributed by atoms with Crippen LogP contribution in [0.15, 0.2) is 78.9 Å². The van der Waals surface area contributed by atoms with Crippen molar-refractivity contribution in [2.75, 3.05) is 0 Å². The Hall–Kier alpha value is -4.00. The maximum atomic E-state index is 13.3. The van der Waals surface area contributed by atoms with Crippen molar-refractivity contribution in [3.8, 4) is 0 Å². The number of esters is 1. The Labute approximate surface area is 234 Å². The molecule has 1 N–H and O–H groups in total. The Bertz CT molecular complexity index is 1350. The molecule has 7 nitrogen and oxygen atoms in total. The van der Waals surface area contributed by atoms with E-state index in [2.05, 4.69) is 17.4 Å². The number of carbonyl (C=O) groups is 2. The van der Waals surface area contributed by atoms with Gasteiger partial charge in [-0.2, -0.15) is 0 Å². The summed E-state index contributed by atoms with van der Waals surface area (Å²) in [5.41, 5.74) is 3.64. The van der Waals surface area contributed by atoms with Gasteiger partial charge >= 0.3 is 5.97 Å². The fourth-order valence-electron chi connectivity index (χ4n) is 7.69. The first-order valence-electron chi connectivity index (χ1n) is 14.2. The van der Waals surface area contributed by atoms with Crippen molar-refractivity contribution in [1.29, 1.82) is 0 Å². The molecule has 0 aliphatic heterocycles. The second-order valence-electron chi connectivity index (χ2n) is 12.0. The van der Waals surface area contributed by atoms with Crippen molar-refractivity contribution in [2.24, 2.45) is 17.8 Å². The molecule has 4 bridgehead atoms. The van der Waals surface area contributed by atoms with Gasteiger partial charge in [0.2, 0.25) is 0 Å². The van der Waals surface area contributed by atoms with Crippen LogP contribution in [0.25, 0.3) is 0 Å². The van der Waals surface area contributed by atoms with Gasteiger partial charge in [-0.05, 0) is 103 Å². The molecule has 0 saturated heterocycles. The summed E-state index contributed by atoms with van der Waals surface area (Å²) in [4.78, 5) is 36.9. The van der Waals surface area contributed by atoms with Crippen LogP contribution < -0.4 is 5.32 Å². The lowest BCUT2D eigenvalue weighted by atomic mass is 9.48. The SMILES string of the molecule is O=C(N[C@H](Cc1ccccc1)C(=O)OCc1ccc([N+](=O)[O-])cc1)c1ccc(C23CC4CC(CC(C4)C2)C3)cc1. The van der Waals surface area contributed by atoms with E-state index in [1.807, 2.05) is 42.5 Å². The van der Waals surface area contributed by atoms with Crippen LogP contribution in [0.4, 0.5) is 5.69 Å². The van der Waals surface area contributed by atoms with E-state index in [-0.39, 0.29) is 30.0 Å². The third-order valence-electron chi connectivity index (χ3n) is 9.20. The quantitative estimate of drug-likeness (QED) is 0.200. The smallest absolute Gasteiger partial charge is 0.329 e. The maximum Gasteiger partial charge on any atom is 0.329 e. The maximum absolute atomic E-state index is 13.3. The molecule has 0 heterocycles.